The second-order valence-electron chi connectivity index (χ2n) is 16.7. The number of pyridine rings is 1. The zero-order chi connectivity index (χ0) is 42.3. The third kappa shape index (κ3) is 7.59. The minimum absolute atomic E-state index is 0.0763. The molecule has 0 bridgehead atoms. The van der Waals surface area contributed by atoms with E-state index < -0.39 is 5.41 Å². The predicted molar refractivity (Wildman–Crippen MR) is 255 cm³/mol. The summed E-state index contributed by atoms with van der Waals surface area (Å²) in [6.07, 6.45) is 12.4. The molecule has 5 N–H and O–H groups in total. The van der Waals surface area contributed by atoms with E-state index in [4.69, 9.17) is 0 Å². The third-order valence-electron chi connectivity index (χ3n) is 12.2. The second-order valence-corrected chi connectivity index (χ2v) is 19.4. The van der Waals surface area contributed by atoms with Gasteiger partial charge in [0.15, 0.2) is 11.9 Å². The summed E-state index contributed by atoms with van der Waals surface area (Å²) in [6.45, 7) is 14.3. The van der Waals surface area contributed by atoms with Crippen LogP contribution in [-0.2, 0) is 10.8 Å². The number of rotatable bonds is 11. The van der Waals surface area contributed by atoms with Crippen LogP contribution >= 0.6 is 21.6 Å². The highest BCUT2D eigenvalue weighted by Crippen LogP contribution is 2.42. The molecule has 0 atom stereocenters. The van der Waals surface area contributed by atoms with Crippen LogP contribution in [0.1, 0.15) is 70.8 Å². The molecule has 7 aromatic rings. The number of aromatic amines is 2. The first-order chi connectivity index (χ1) is 29.5. The highest BCUT2D eigenvalue weighted by molar-refractivity contribution is 8.76. The van der Waals surface area contributed by atoms with Gasteiger partial charge in [0, 0.05) is 122 Å². The molecule has 61 heavy (non-hydrogen) atoms. The monoisotopic (exact) mass is 841 g/mol. The van der Waals surface area contributed by atoms with E-state index in [0.29, 0.717) is 24.2 Å². The summed E-state index contributed by atoms with van der Waals surface area (Å²) in [5.74, 6) is 1.31. The van der Waals surface area contributed by atoms with E-state index in [0.717, 1.165) is 72.7 Å². The maximum absolute atomic E-state index is 13.4. The van der Waals surface area contributed by atoms with Crippen molar-refractivity contribution >= 4 is 66.5 Å². The van der Waals surface area contributed by atoms with Crippen molar-refractivity contribution in [3.05, 3.63) is 180 Å². The molecule has 2 aliphatic rings. The molecule has 2 aliphatic heterocycles. The first-order valence-electron chi connectivity index (χ1n) is 20.6. The van der Waals surface area contributed by atoms with Crippen LogP contribution in [0.15, 0.2) is 146 Å². The lowest BCUT2D eigenvalue weighted by molar-refractivity contribution is -0.599. The molecule has 5 heterocycles. The number of amides is 2. The number of hydrogen-bond donors (Lipinski definition) is 5. The Balaban J connectivity index is 0.752. The Morgan fingerprint density at radius 3 is 2.00 bits per heavy atom. The van der Waals surface area contributed by atoms with Gasteiger partial charge >= 0.3 is 0 Å². The lowest BCUT2D eigenvalue weighted by Gasteiger charge is -2.29. The second kappa shape index (κ2) is 16.3. The van der Waals surface area contributed by atoms with Crippen molar-refractivity contribution < 1.29 is 14.2 Å². The van der Waals surface area contributed by atoms with Crippen molar-refractivity contribution in [3.63, 3.8) is 0 Å². The Labute approximate surface area is 364 Å². The van der Waals surface area contributed by atoms with Crippen LogP contribution < -0.4 is 20.5 Å². The number of fused-ring (bicyclic) bond motifs is 6. The minimum Gasteiger partial charge on any atom is -0.361 e. The minimum atomic E-state index is -0.449. The fourth-order valence-corrected chi connectivity index (χ4v) is 10.4. The summed E-state index contributed by atoms with van der Waals surface area (Å²) in [5, 5.41) is 12.0. The van der Waals surface area contributed by atoms with E-state index in [1.165, 1.54) is 16.6 Å². The maximum atomic E-state index is 13.4. The summed E-state index contributed by atoms with van der Waals surface area (Å²) in [6, 6.07) is 32.9. The first-order valence-corrected chi connectivity index (χ1v) is 23.1. The smallest absolute Gasteiger partial charge is 0.251 e. The van der Waals surface area contributed by atoms with E-state index in [2.05, 4.69) is 144 Å². The molecule has 8 nitrogen and oxygen atoms in total. The highest BCUT2D eigenvalue weighted by Gasteiger charge is 2.44. The molecule has 0 aliphatic carbocycles. The maximum Gasteiger partial charge on any atom is 0.251 e. The fourth-order valence-electron chi connectivity index (χ4n) is 8.55. The van der Waals surface area contributed by atoms with Crippen LogP contribution in [0.2, 0.25) is 0 Å². The SMILES string of the molecule is C=C1/C=C(c2c[nH]c3ccccc23)\C=C/Nc2ccc(C(=O)NCCSSCCNC(=O)c3ccc4c(c3)C(C)(C)c3cc(-c5c[nH]c6ccccc56)cc[n+]3-4)cc2C1(C)C. The third-order valence-corrected chi connectivity index (χ3v) is 14.6. The predicted octanol–water partition coefficient (Wildman–Crippen LogP) is 10.6. The molecule has 2 amide bonds. The van der Waals surface area contributed by atoms with Gasteiger partial charge in [-0.2, -0.15) is 4.57 Å². The number of allylic oxidation sites excluding steroid dienone is 4. The number of nitrogens with one attached hydrogen (secondary N) is 5. The number of carbonyl (C=O) groups is 2. The van der Waals surface area contributed by atoms with E-state index in [-0.39, 0.29) is 17.2 Å². The van der Waals surface area contributed by atoms with Crippen LogP contribution in [0.4, 0.5) is 5.69 Å². The average molecular weight is 842 g/mol. The summed E-state index contributed by atoms with van der Waals surface area (Å²) < 4.78 is 2.24. The molecular weight excluding hydrogens is 793 g/mol. The Hall–Kier alpha value is -6.23. The Morgan fingerprint density at radius 1 is 0.705 bits per heavy atom. The molecule has 0 fully saturated rings. The number of anilines is 1. The normalized spacial score (nSPS) is 16.3. The first kappa shape index (κ1) is 40.2. The summed E-state index contributed by atoms with van der Waals surface area (Å²) in [5.41, 5.74) is 13.6. The number of hydrogen-bond acceptors (Lipinski definition) is 5. The molecule has 0 saturated carbocycles. The summed E-state index contributed by atoms with van der Waals surface area (Å²) in [7, 11) is 3.37. The Bertz CT molecular complexity index is 2930. The molecule has 9 rings (SSSR count). The number of H-pyrrole nitrogens is 2. The van der Waals surface area contributed by atoms with Gasteiger partial charge in [0.2, 0.25) is 5.69 Å². The van der Waals surface area contributed by atoms with Crippen molar-refractivity contribution in [2.45, 2.75) is 38.5 Å². The lowest BCUT2D eigenvalue weighted by atomic mass is 9.76. The van der Waals surface area contributed by atoms with Crippen LogP contribution in [0.25, 0.3) is 44.2 Å². The molecule has 10 heteroatoms. The van der Waals surface area contributed by atoms with Gasteiger partial charge in [0.25, 0.3) is 11.8 Å². The van der Waals surface area contributed by atoms with Crippen LogP contribution in [0, 0.1) is 0 Å². The molecule has 3 aromatic heterocycles. The van der Waals surface area contributed by atoms with Crippen molar-refractivity contribution in [3.8, 4) is 16.8 Å². The molecule has 306 valence electrons. The number of nitrogens with zero attached hydrogens (tertiary/aromatic N) is 1. The van der Waals surface area contributed by atoms with Gasteiger partial charge in [-0.3, -0.25) is 9.59 Å². The van der Waals surface area contributed by atoms with Crippen LogP contribution in [-0.4, -0.2) is 46.4 Å². The Morgan fingerprint density at radius 2 is 1.31 bits per heavy atom. The highest BCUT2D eigenvalue weighted by atomic mass is 33.1. The van der Waals surface area contributed by atoms with E-state index in [1.807, 2.05) is 54.9 Å². The van der Waals surface area contributed by atoms with Crippen LogP contribution in [0.3, 0.4) is 0 Å². The van der Waals surface area contributed by atoms with Gasteiger partial charge in [0.05, 0.1) is 5.41 Å². The summed E-state index contributed by atoms with van der Waals surface area (Å²) >= 11 is 0. The number of para-hydroxylation sites is 2. The van der Waals surface area contributed by atoms with Crippen molar-refractivity contribution in [1.82, 2.24) is 20.6 Å². The lowest BCUT2D eigenvalue weighted by Crippen LogP contribution is -2.34. The van der Waals surface area contributed by atoms with Gasteiger partial charge in [-0.25, -0.2) is 0 Å². The zero-order valence-corrected chi connectivity index (χ0v) is 36.5. The van der Waals surface area contributed by atoms with Gasteiger partial charge in [-0.15, -0.1) is 0 Å². The summed E-state index contributed by atoms with van der Waals surface area (Å²) in [4.78, 5) is 33.4. The topological polar surface area (TPSA) is 106 Å². The fraction of sp³-hybridized carbons (Fsp3) is 0.196. The van der Waals surface area contributed by atoms with Crippen molar-refractivity contribution in [2.24, 2.45) is 0 Å². The standard InChI is InChI=1S/C51H48N6O2S2/c1-32-26-33(39-30-55-43-12-8-6-10-37(39)43)18-20-52-45-16-14-35(27-41(45)50(32,2)3)48(58)53-21-24-60-61-25-22-54-49(59)36-15-17-46-42(28-36)51(4,5)47-29-34(19-23-57(46)47)40-31-56-44-13-9-7-11-38(40)44/h6-20,23,26-31,55H,1,21-22,24-25H2,2-5H3,(H3,52,53,54,58,59)/p+1/b20-18-,33-26+. The molecule has 4 aromatic carbocycles. The molecular formula is C51H49N6O2S2+. The molecule has 0 spiro atoms. The quantitative estimate of drug-likeness (QED) is 0.0507. The zero-order valence-electron chi connectivity index (χ0n) is 34.8. The van der Waals surface area contributed by atoms with E-state index in [9.17, 15) is 9.59 Å². The average Bonchev–Trinajstić information content (AvgIpc) is 3.97. The number of aromatic nitrogens is 3. The van der Waals surface area contributed by atoms with Crippen LogP contribution in [0.5, 0.6) is 0 Å². The van der Waals surface area contributed by atoms with Gasteiger partial charge in [-0.1, -0.05) is 84.5 Å². The largest absolute Gasteiger partial charge is 0.361 e. The van der Waals surface area contributed by atoms with Crippen molar-refractivity contribution in [2.75, 3.05) is 29.9 Å². The van der Waals surface area contributed by atoms with E-state index >= 15 is 0 Å². The number of carbonyl (C=O) groups excluding carboxylic acids is 2. The van der Waals surface area contributed by atoms with Gasteiger partial charge in [-0.05, 0) is 84.7 Å². The number of benzene rings is 4. The molecule has 0 unspecified atom stereocenters. The van der Waals surface area contributed by atoms with Crippen molar-refractivity contribution in [1.29, 1.82) is 0 Å². The van der Waals surface area contributed by atoms with Gasteiger partial charge in [0.1, 0.15) is 0 Å². The van der Waals surface area contributed by atoms with Gasteiger partial charge < -0.3 is 25.9 Å². The molecule has 0 radical (unpaired) electrons. The Kier molecular flexibility index (Phi) is 10.8. The molecule has 0 saturated heterocycles. The van der Waals surface area contributed by atoms with E-state index in [1.54, 1.807) is 21.6 Å².